The van der Waals surface area contributed by atoms with Crippen molar-refractivity contribution < 1.29 is 9.15 Å². The largest absolute Gasteiger partial charge is 0.497 e. The zero-order chi connectivity index (χ0) is 19.0. The Morgan fingerprint density at radius 3 is 2.56 bits per heavy atom. The summed E-state index contributed by atoms with van der Waals surface area (Å²) in [4.78, 5) is 19.1. The Kier molecular flexibility index (Phi) is 4.41. The van der Waals surface area contributed by atoms with Gasteiger partial charge in [-0.1, -0.05) is 0 Å². The quantitative estimate of drug-likeness (QED) is 0.484. The summed E-state index contributed by atoms with van der Waals surface area (Å²) in [7, 11) is 5.62. The fourth-order valence-corrected chi connectivity index (χ4v) is 3.67. The zero-order valence-electron chi connectivity index (χ0n) is 15.2. The van der Waals surface area contributed by atoms with Crippen LogP contribution in [0.25, 0.3) is 32.8 Å². The molecule has 0 radical (unpaired) electrons. The highest BCUT2D eigenvalue weighted by molar-refractivity contribution is 7.13. The van der Waals surface area contributed by atoms with E-state index in [1.54, 1.807) is 25.3 Å². The Bertz CT molecular complexity index is 1160. The van der Waals surface area contributed by atoms with Crippen molar-refractivity contribution in [1.82, 2.24) is 4.98 Å². The molecular formula is C21H18N2O3S. The molecular weight excluding hydrogens is 360 g/mol. The fourth-order valence-electron chi connectivity index (χ4n) is 2.84. The molecule has 0 saturated carbocycles. The molecule has 136 valence electrons. The van der Waals surface area contributed by atoms with Crippen LogP contribution in [0, 0.1) is 0 Å². The van der Waals surface area contributed by atoms with Gasteiger partial charge in [0.2, 0.25) is 0 Å². The Labute approximate surface area is 160 Å². The molecule has 27 heavy (non-hydrogen) atoms. The second-order valence-corrected chi connectivity index (χ2v) is 7.19. The third-order valence-electron chi connectivity index (χ3n) is 4.35. The number of hydrogen-bond donors (Lipinski definition) is 0. The van der Waals surface area contributed by atoms with Gasteiger partial charge in [-0.3, -0.25) is 0 Å². The summed E-state index contributed by atoms with van der Waals surface area (Å²) >= 11 is 1.50. The minimum atomic E-state index is -0.396. The third kappa shape index (κ3) is 3.31. The van der Waals surface area contributed by atoms with Gasteiger partial charge in [0, 0.05) is 36.1 Å². The summed E-state index contributed by atoms with van der Waals surface area (Å²) in [5.74, 6) is 0.710. The maximum absolute atomic E-state index is 12.4. The molecule has 0 aliphatic heterocycles. The number of hydrogen-bond acceptors (Lipinski definition) is 6. The minimum Gasteiger partial charge on any atom is -0.497 e. The Balaban J connectivity index is 1.74. The summed E-state index contributed by atoms with van der Waals surface area (Å²) in [6.07, 6.45) is 0. The molecule has 0 bridgehead atoms. The van der Waals surface area contributed by atoms with Gasteiger partial charge in [-0.25, -0.2) is 9.78 Å². The van der Waals surface area contributed by atoms with Crippen LogP contribution in [-0.4, -0.2) is 26.2 Å². The van der Waals surface area contributed by atoms with E-state index < -0.39 is 5.63 Å². The highest BCUT2D eigenvalue weighted by atomic mass is 32.1. The molecule has 0 aliphatic rings. The first-order valence-corrected chi connectivity index (χ1v) is 9.28. The van der Waals surface area contributed by atoms with Gasteiger partial charge in [0.1, 0.15) is 16.3 Å². The van der Waals surface area contributed by atoms with Crippen LogP contribution in [0.1, 0.15) is 0 Å². The highest BCUT2D eigenvalue weighted by Gasteiger charge is 2.13. The van der Waals surface area contributed by atoms with Crippen LogP contribution in [0.5, 0.6) is 5.75 Å². The van der Waals surface area contributed by atoms with Crippen LogP contribution in [0.4, 0.5) is 5.69 Å². The first-order valence-electron chi connectivity index (χ1n) is 8.41. The van der Waals surface area contributed by atoms with Gasteiger partial charge in [0.05, 0.1) is 18.4 Å². The van der Waals surface area contributed by atoms with Crippen LogP contribution in [0.15, 0.2) is 63.1 Å². The summed E-state index contributed by atoms with van der Waals surface area (Å²) in [5.41, 5.74) is 3.34. The van der Waals surface area contributed by atoms with E-state index in [0.717, 1.165) is 21.6 Å². The summed E-state index contributed by atoms with van der Waals surface area (Å²) in [5, 5.41) is 3.54. The maximum atomic E-state index is 12.4. The molecule has 0 N–H and O–H groups in total. The smallest absolute Gasteiger partial charge is 0.345 e. The lowest BCUT2D eigenvalue weighted by atomic mass is 10.1. The summed E-state index contributed by atoms with van der Waals surface area (Å²) < 4.78 is 10.7. The SMILES string of the molecule is COc1ccc2oc(=O)c(-c3csc(-c4ccc(N(C)C)cc4)n3)cc2c1. The van der Waals surface area contributed by atoms with Gasteiger partial charge in [-0.2, -0.15) is 0 Å². The van der Waals surface area contributed by atoms with E-state index in [1.807, 2.05) is 54.7 Å². The van der Waals surface area contributed by atoms with Crippen molar-refractivity contribution in [2.75, 3.05) is 26.1 Å². The molecule has 4 rings (SSSR count). The number of aromatic nitrogens is 1. The number of nitrogens with zero attached hydrogens (tertiary/aromatic N) is 2. The Hall–Kier alpha value is -3.12. The van der Waals surface area contributed by atoms with Crippen molar-refractivity contribution in [2.24, 2.45) is 0 Å². The van der Waals surface area contributed by atoms with Gasteiger partial charge >= 0.3 is 5.63 Å². The van der Waals surface area contributed by atoms with Crippen LogP contribution in [0.3, 0.4) is 0 Å². The van der Waals surface area contributed by atoms with E-state index in [0.29, 0.717) is 22.6 Å². The average Bonchev–Trinajstić information content (AvgIpc) is 3.17. The van der Waals surface area contributed by atoms with Crippen LogP contribution >= 0.6 is 11.3 Å². The second kappa shape index (κ2) is 6.89. The fraction of sp³-hybridized carbons (Fsp3) is 0.143. The summed E-state index contributed by atoms with van der Waals surface area (Å²) in [6.45, 7) is 0. The molecule has 6 heteroatoms. The second-order valence-electron chi connectivity index (χ2n) is 6.33. The first kappa shape index (κ1) is 17.3. The number of fused-ring (bicyclic) bond motifs is 1. The van der Waals surface area contributed by atoms with Crippen LogP contribution < -0.4 is 15.3 Å². The molecule has 0 saturated heterocycles. The predicted octanol–water partition coefficient (Wildman–Crippen LogP) is 4.66. The molecule has 2 aromatic heterocycles. The Morgan fingerprint density at radius 2 is 1.85 bits per heavy atom. The van der Waals surface area contributed by atoms with Crippen molar-refractivity contribution in [3.8, 4) is 27.6 Å². The van der Waals surface area contributed by atoms with Crippen molar-refractivity contribution in [2.45, 2.75) is 0 Å². The minimum absolute atomic E-state index is 0.396. The van der Waals surface area contributed by atoms with Crippen molar-refractivity contribution in [3.63, 3.8) is 0 Å². The number of methoxy groups -OCH3 is 1. The molecule has 0 fully saturated rings. The van der Waals surface area contributed by atoms with E-state index in [9.17, 15) is 4.79 Å². The van der Waals surface area contributed by atoms with Gasteiger partial charge < -0.3 is 14.1 Å². The lowest BCUT2D eigenvalue weighted by molar-refractivity contribution is 0.415. The molecule has 0 unspecified atom stereocenters. The van der Waals surface area contributed by atoms with E-state index in [1.165, 1.54) is 11.3 Å². The number of thiazole rings is 1. The zero-order valence-corrected chi connectivity index (χ0v) is 16.0. The Morgan fingerprint density at radius 1 is 1.07 bits per heavy atom. The van der Waals surface area contributed by atoms with E-state index in [4.69, 9.17) is 9.15 Å². The van der Waals surface area contributed by atoms with Crippen LogP contribution in [0.2, 0.25) is 0 Å². The van der Waals surface area contributed by atoms with Crippen molar-refractivity contribution in [3.05, 3.63) is 64.3 Å². The topological polar surface area (TPSA) is 55.6 Å². The molecule has 2 aromatic carbocycles. The highest BCUT2D eigenvalue weighted by Crippen LogP contribution is 2.30. The molecule has 2 heterocycles. The van der Waals surface area contributed by atoms with Gasteiger partial charge in [0.25, 0.3) is 0 Å². The van der Waals surface area contributed by atoms with Gasteiger partial charge in [-0.15, -0.1) is 11.3 Å². The first-order chi connectivity index (χ1) is 13.0. The molecule has 4 aromatic rings. The number of anilines is 1. The van der Waals surface area contributed by atoms with Crippen molar-refractivity contribution in [1.29, 1.82) is 0 Å². The lowest BCUT2D eigenvalue weighted by Gasteiger charge is -2.11. The lowest BCUT2D eigenvalue weighted by Crippen LogP contribution is -2.07. The number of ether oxygens (including phenoxy) is 1. The molecule has 0 aliphatic carbocycles. The van der Waals surface area contributed by atoms with E-state index in [-0.39, 0.29) is 0 Å². The normalized spacial score (nSPS) is 10.9. The maximum Gasteiger partial charge on any atom is 0.345 e. The molecule has 5 nitrogen and oxygen atoms in total. The number of benzene rings is 2. The van der Waals surface area contributed by atoms with E-state index in [2.05, 4.69) is 4.98 Å². The van der Waals surface area contributed by atoms with Crippen LogP contribution in [-0.2, 0) is 0 Å². The van der Waals surface area contributed by atoms with Gasteiger partial charge in [-0.05, 0) is 48.5 Å². The van der Waals surface area contributed by atoms with Gasteiger partial charge in [0.15, 0.2) is 0 Å². The molecule has 0 atom stereocenters. The monoisotopic (exact) mass is 378 g/mol. The average molecular weight is 378 g/mol. The van der Waals surface area contributed by atoms with Crippen molar-refractivity contribution >= 4 is 28.0 Å². The van der Waals surface area contributed by atoms with E-state index >= 15 is 0 Å². The number of rotatable bonds is 4. The third-order valence-corrected chi connectivity index (χ3v) is 5.24. The summed E-state index contributed by atoms with van der Waals surface area (Å²) in [6, 6.07) is 15.3. The molecule has 0 amide bonds. The predicted molar refractivity (Wildman–Crippen MR) is 110 cm³/mol. The molecule has 0 spiro atoms. The standard InChI is InChI=1S/C21H18N2O3S/c1-23(2)15-6-4-13(5-7-15)20-22-18(12-27-20)17-11-14-10-16(25-3)8-9-19(14)26-21(17)24/h4-12H,1-3H3.